The van der Waals surface area contributed by atoms with Crippen LogP contribution in [0, 0.1) is 5.92 Å². The summed E-state index contributed by atoms with van der Waals surface area (Å²) in [4.78, 5) is 24.6. The molecule has 0 radical (unpaired) electrons. The Morgan fingerprint density at radius 1 is 1.38 bits per heavy atom. The SMILES string of the molecule is CCC1CC(=O)N(C(C)(C)C)C1=O. The molecule has 3 nitrogen and oxygen atoms in total. The molecule has 0 aliphatic carbocycles. The zero-order chi connectivity index (χ0) is 10.2. The monoisotopic (exact) mass is 183 g/mol. The third-order valence-electron chi connectivity index (χ3n) is 2.40. The molecule has 1 fully saturated rings. The zero-order valence-corrected chi connectivity index (χ0v) is 8.76. The first kappa shape index (κ1) is 10.2. The first-order valence-electron chi connectivity index (χ1n) is 4.74. The van der Waals surface area contributed by atoms with Crippen LogP contribution in [-0.2, 0) is 9.59 Å². The molecule has 0 N–H and O–H groups in total. The van der Waals surface area contributed by atoms with Crippen molar-refractivity contribution >= 4 is 11.8 Å². The minimum atomic E-state index is -0.363. The molecular formula is C10H17NO2. The van der Waals surface area contributed by atoms with Gasteiger partial charge in [-0.1, -0.05) is 6.92 Å². The van der Waals surface area contributed by atoms with Crippen LogP contribution in [0.1, 0.15) is 40.5 Å². The molecule has 0 aromatic carbocycles. The van der Waals surface area contributed by atoms with Crippen molar-refractivity contribution in [2.75, 3.05) is 0 Å². The number of carbonyl (C=O) groups is 2. The molecule has 74 valence electrons. The topological polar surface area (TPSA) is 37.4 Å². The molecule has 1 rings (SSSR count). The molecule has 1 unspecified atom stereocenters. The van der Waals surface area contributed by atoms with Crippen LogP contribution >= 0.6 is 0 Å². The van der Waals surface area contributed by atoms with Gasteiger partial charge in [0.25, 0.3) is 0 Å². The van der Waals surface area contributed by atoms with Crippen molar-refractivity contribution in [3.8, 4) is 0 Å². The van der Waals surface area contributed by atoms with Crippen molar-refractivity contribution in [2.45, 2.75) is 46.1 Å². The smallest absolute Gasteiger partial charge is 0.233 e. The van der Waals surface area contributed by atoms with Crippen LogP contribution in [0.25, 0.3) is 0 Å². The van der Waals surface area contributed by atoms with Crippen molar-refractivity contribution < 1.29 is 9.59 Å². The van der Waals surface area contributed by atoms with Crippen LogP contribution in [0.3, 0.4) is 0 Å². The van der Waals surface area contributed by atoms with Gasteiger partial charge in [0.05, 0.1) is 0 Å². The summed E-state index contributed by atoms with van der Waals surface area (Å²) in [5, 5.41) is 0. The molecule has 1 heterocycles. The van der Waals surface area contributed by atoms with Gasteiger partial charge in [0.15, 0.2) is 0 Å². The van der Waals surface area contributed by atoms with Gasteiger partial charge in [-0.15, -0.1) is 0 Å². The maximum atomic E-state index is 11.7. The van der Waals surface area contributed by atoms with E-state index in [1.165, 1.54) is 4.90 Å². The third-order valence-corrected chi connectivity index (χ3v) is 2.40. The lowest BCUT2D eigenvalue weighted by molar-refractivity contribution is -0.144. The first-order valence-corrected chi connectivity index (χ1v) is 4.74. The molecule has 1 aliphatic heterocycles. The lowest BCUT2D eigenvalue weighted by atomic mass is 10.0. The zero-order valence-electron chi connectivity index (χ0n) is 8.76. The number of amides is 2. The third kappa shape index (κ3) is 1.74. The summed E-state index contributed by atoms with van der Waals surface area (Å²) < 4.78 is 0. The predicted molar refractivity (Wildman–Crippen MR) is 50.0 cm³/mol. The van der Waals surface area contributed by atoms with Crippen LogP contribution in [0.15, 0.2) is 0 Å². The van der Waals surface area contributed by atoms with Gasteiger partial charge in [-0.3, -0.25) is 14.5 Å². The molecule has 1 aliphatic rings. The average Bonchev–Trinajstić information content (AvgIpc) is 2.24. The van der Waals surface area contributed by atoms with Crippen molar-refractivity contribution in [3.05, 3.63) is 0 Å². The van der Waals surface area contributed by atoms with E-state index in [0.717, 1.165) is 6.42 Å². The maximum absolute atomic E-state index is 11.7. The fraction of sp³-hybridized carbons (Fsp3) is 0.800. The Labute approximate surface area is 79.1 Å². The van der Waals surface area contributed by atoms with Crippen molar-refractivity contribution in [1.29, 1.82) is 0 Å². The van der Waals surface area contributed by atoms with Gasteiger partial charge in [0.1, 0.15) is 0 Å². The minimum absolute atomic E-state index is 0.000000000000000222. The molecule has 1 saturated heterocycles. The van der Waals surface area contributed by atoms with Crippen molar-refractivity contribution in [2.24, 2.45) is 5.92 Å². The lowest BCUT2D eigenvalue weighted by Gasteiger charge is -2.30. The quantitative estimate of drug-likeness (QED) is 0.579. The Morgan fingerprint density at radius 2 is 1.92 bits per heavy atom. The molecule has 0 saturated carbocycles. The largest absolute Gasteiger partial charge is 0.277 e. The Bertz CT molecular complexity index is 240. The van der Waals surface area contributed by atoms with Gasteiger partial charge >= 0.3 is 0 Å². The van der Waals surface area contributed by atoms with E-state index >= 15 is 0 Å². The fourth-order valence-electron chi connectivity index (χ4n) is 1.72. The van der Waals surface area contributed by atoms with Gasteiger partial charge in [-0.05, 0) is 27.2 Å². The second kappa shape index (κ2) is 3.13. The van der Waals surface area contributed by atoms with Gasteiger partial charge in [-0.2, -0.15) is 0 Å². The second-order valence-corrected chi connectivity index (χ2v) is 4.55. The number of nitrogens with zero attached hydrogens (tertiary/aromatic N) is 1. The van der Waals surface area contributed by atoms with E-state index in [9.17, 15) is 9.59 Å². The number of rotatable bonds is 1. The van der Waals surface area contributed by atoms with Gasteiger partial charge in [-0.25, -0.2) is 0 Å². The number of imide groups is 1. The molecule has 3 heteroatoms. The average molecular weight is 183 g/mol. The summed E-state index contributed by atoms with van der Waals surface area (Å²) in [5.74, 6) is -0.101. The van der Waals surface area contributed by atoms with Gasteiger partial charge in [0.2, 0.25) is 11.8 Å². The number of carbonyl (C=O) groups excluding carboxylic acids is 2. The molecular weight excluding hydrogens is 166 g/mol. The Morgan fingerprint density at radius 3 is 2.15 bits per heavy atom. The molecule has 0 bridgehead atoms. The molecule has 0 aromatic rings. The summed E-state index contributed by atoms with van der Waals surface area (Å²) in [5.41, 5.74) is -0.363. The van der Waals surface area contributed by atoms with Crippen molar-refractivity contribution in [3.63, 3.8) is 0 Å². The van der Waals surface area contributed by atoms with E-state index in [1.54, 1.807) is 0 Å². The summed E-state index contributed by atoms with van der Waals surface area (Å²) in [6, 6.07) is 0. The molecule has 1 atom stereocenters. The van der Waals surface area contributed by atoms with Crippen LogP contribution in [-0.4, -0.2) is 22.3 Å². The van der Waals surface area contributed by atoms with E-state index in [4.69, 9.17) is 0 Å². The summed E-state index contributed by atoms with van der Waals surface area (Å²) in [6.07, 6.45) is 1.16. The van der Waals surface area contributed by atoms with E-state index in [1.807, 2.05) is 27.7 Å². The standard InChI is InChI=1S/C10H17NO2/c1-5-7-6-8(12)11(9(7)13)10(2,3)4/h7H,5-6H2,1-4H3. The Balaban J connectivity index is 2.89. The normalized spacial score (nSPS) is 24.3. The van der Waals surface area contributed by atoms with Gasteiger partial charge in [0, 0.05) is 17.9 Å². The highest BCUT2D eigenvalue weighted by Gasteiger charge is 2.42. The van der Waals surface area contributed by atoms with E-state index < -0.39 is 0 Å². The van der Waals surface area contributed by atoms with Gasteiger partial charge < -0.3 is 0 Å². The number of hydrogen-bond acceptors (Lipinski definition) is 2. The number of hydrogen-bond donors (Lipinski definition) is 0. The second-order valence-electron chi connectivity index (χ2n) is 4.55. The fourth-order valence-corrected chi connectivity index (χ4v) is 1.72. The van der Waals surface area contributed by atoms with Crippen LogP contribution in [0.4, 0.5) is 0 Å². The molecule has 13 heavy (non-hydrogen) atoms. The first-order chi connectivity index (χ1) is 5.88. The van der Waals surface area contributed by atoms with E-state index in [0.29, 0.717) is 6.42 Å². The summed E-state index contributed by atoms with van der Waals surface area (Å²) in [7, 11) is 0. The molecule has 0 spiro atoms. The highest BCUT2D eigenvalue weighted by molar-refractivity contribution is 6.04. The van der Waals surface area contributed by atoms with Crippen LogP contribution < -0.4 is 0 Å². The highest BCUT2D eigenvalue weighted by Crippen LogP contribution is 2.28. The highest BCUT2D eigenvalue weighted by atomic mass is 16.2. The maximum Gasteiger partial charge on any atom is 0.233 e. The molecule has 0 aromatic heterocycles. The minimum Gasteiger partial charge on any atom is -0.277 e. The van der Waals surface area contributed by atoms with Crippen LogP contribution in [0.2, 0.25) is 0 Å². The van der Waals surface area contributed by atoms with E-state index in [2.05, 4.69) is 0 Å². The Hall–Kier alpha value is -0.860. The number of likely N-dealkylation sites (tertiary alicyclic amines) is 1. The predicted octanol–water partition coefficient (Wildman–Crippen LogP) is 1.57. The summed E-state index contributed by atoms with van der Waals surface area (Å²) in [6.45, 7) is 7.62. The van der Waals surface area contributed by atoms with Crippen LogP contribution in [0.5, 0.6) is 0 Å². The van der Waals surface area contributed by atoms with Crippen molar-refractivity contribution in [1.82, 2.24) is 4.90 Å². The lowest BCUT2D eigenvalue weighted by Crippen LogP contribution is -2.45. The van der Waals surface area contributed by atoms with E-state index in [-0.39, 0.29) is 23.3 Å². The summed E-state index contributed by atoms with van der Waals surface area (Å²) >= 11 is 0. The Kier molecular flexibility index (Phi) is 2.46. The molecule has 2 amide bonds.